The average molecular weight is 325 g/mol. The van der Waals surface area contributed by atoms with Crippen LogP contribution < -0.4 is 5.32 Å². The Morgan fingerprint density at radius 1 is 1.52 bits per heavy atom. The second-order valence-electron chi connectivity index (χ2n) is 5.41. The van der Waals surface area contributed by atoms with Gasteiger partial charge in [-0.05, 0) is 43.3 Å². The molecule has 1 amide bonds. The van der Waals surface area contributed by atoms with Gasteiger partial charge in [-0.25, -0.2) is 0 Å². The highest BCUT2D eigenvalue weighted by molar-refractivity contribution is 8.00. The molecule has 0 spiro atoms. The van der Waals surface area contributed by atoms with Gasteiger partial charge in [0.25, 0.3) is 0 Å². The average Bonchev–Trinajstić information content (AvgIpc) is 3.00. The van der Waals surface area contributed by atoms with E-state index < -0.39 is 0 Å². The Bertz CT molecular complexity index is 425. The summed E-state index contributed by atoms with van der Waals surface area (Å²) in [7, 11) is 0. The van der Waals surface area contributed by atoms with Gasteiger partial charge in [0, 0.05) is 23.7 Å². The fourth-order valence-corrected chi connectivity index (χ4v) is 3.83. The van der Waals surface area contributed by atoms with E-state index in [2.05, 4.69) is 34.3 Å². The van der Waals surface area contributed by atoms with Crippen LogP contribution in [-0.2, 0) is 11.3 Å². The summed E-state index contributed by atoms with van der Waals surface area (Å²) in [5, 5.41) is 5.20. The molecule has 116 valence electrons. The van der Waals surface area contributed by atoms with Gasteiger partial charge in [0.05, 0.1) is 5.75 Å². The Labute approximate surface area is 135 Å². The minimum absolute atomic E-state index is 0.155. The maximum Gasteiger partial charge on any atom is 0.230 e. The van der Waals surface area contributed by atoms with Crippen LogP contribution in [0.2, 0.25) is 0 Å². The molecule has 0 radical (unpaired) electrons. The van der Waals surface area contributed by atoms with Gasteiger partial charge >= 0.3 is 0 Å². The summed E-state index contributed by atoms with van der Waals surface area (Å²) in [5.41, 5.74) is 0. The molecule has 0 aliphatic carbocycles. The first-order valence-corrected chi connectivity index (χ1v) is 9.51. The molecule has 1 fully saturated rings. The molecule has 0 atom stereocenters. The highest BCUT2D eigenvalue weighted by Crippen LogP contribution is 2.20. The Hall–Kier alpha value is -0.780. The zero-order valence-electron chi connectivity index (χ0n) is 12.4. The molecule has 1 aliphatic heterocycles. The largest absolute Gasteiger partial charge is 0.355 e. The standard InChI is InChI=1S/C16H24N2OS2/c1-2-9-20-13-16(19)17-11-14-5-7-18(8-6-14)12-15-4-3-10-21-15/h2-4,10,14H,1,5-9,11-13H2,(H,17,19). The second-order valence-corrected chi connectivity index (χ2v) is 7.47. The number of rotatable bonds is 8. The number of carbonyl (C=O) groups excluding carboxylic acids is 1. The highest BCUT2D eigenvalue weighted by Gasteiger charge is 2.19. The van der Waals surface area contributed by atoms with E-state index >= 15 is 0 Å². The minimum atomic E-state index is 0.155. The van der Waals surface area contributed by atoms with Gasteiger partial charge in [-0.1, -0.05) is 12.1 Å². The molecule has 0 bridgehead atoms. The van der Waals surface area contributed by atoms with E-state index in [4.69, 9.17) is 0 Å². The Morgan fingerprint density at radius 3 is 3.00 bits per heavy atom. The lowest BCUT2D eigenvalue weighted by Crippen LogP contribution is -2.38. The van der Waals surface area contributed by atoms with E-state index in [9.17, 15) is 4.79 Å². The van der Waals surface area contributed by atoms with Gasteiger partial charge in [0.2, 0.25) is 5.91 Å². The molecular formula is C16H24N2OS2. The van der Waals surface area contributed by atoms with Crippen LogP contribution in [0.5, 0.6) is 0 Å². The summed E-state index contributed by atoms with van der Waals surface area (Å²) in [6.07, 6.45) is 4.21. The number of hydrogen-bond donors (Lipinski definition) is 1. The molecule has 1 aromatic rings. The van der Waals surface area contributed by atoms with Crippen LogP contribution in [0, 0.1) is 5.92 Å². The molecule has 2 heterocycles. The lowest BCUT2D eigenvalue weighted by molar-refractivity contribution is -0.118. The van der Waals surface area contributed by atoms with Crippen LogP contribution in [0.25, 0.3) is 0 Å². The van der Waals surface area contributed by atoms with Gasteiger partial charge in [-0.15, -0.1) is 29.7 Å². The van der Waals surface area contributed by atoms with Crippen molar-refractivity contribution in [1.29, 1.82) is 0 Å². The fraction of sp³-hybridized carbons (Fsp3) is 0.562. The summed E-state index contributed by atoms with van der Waals surface area (Å²) in [6.45, 7) is 7.85. The number of thiophene rings is 1. The number of carbonyl (C=O) groups is 1. The molecule has 1 aliphatic rings. The minimum Gasteiger partial charge on any atom is -0.355 e. The first-order valence-electron chi connectivity index (χ1n) is 7.48. The van der Waals surface area contributed by atoms with Crippen molar-refractivity contribution in [2.75, 3.05) is 31.1 Å². The van der Waals surface area contributed by atoms with Crippen molar-refractivity contribution < 1.29 is 4.79 Å². The molecule has 1 aromatic heterocycles. The molecular weight excluding hydrogens is 300 g/mol. The maximum absolute atomic E-state index is 11.7. The lowest BCUT2D eigenvalue weighted by atomic mass is 9.97. The van der Waals surface area contributed by atoms with Crippen LogP contribution in [0.3, 0.4) is 0 Å². The smallest absolute Gasteiger partial charge is 0.230 e. The third-order valence-electron chi connectivity index (χ3n) is 3.72. The zero-order chi connectivity index (χ0) is 14.9. The van der Waals surface area contributed by atoms with E-state index in [1.807, 2.05) is 17.4 Å². The molecule has 0 unspecified atom stereocenters. The third-order valence-corrected chi connectivity index (χ3v) is 5.52. The fourth-order valence-electron chi connectivity index (χ4n) is 2.52. The molecule has 1 saturated heterocycles. The van der Waals surface area contributed by atoms with E-state index in [1.54, 1.807) is 11.8 Å². The van der Waals surface area contributed by atoms with Crippen molar-refractivity contribution in [3.05, 3.63) is 35.0 Å². The number of nitrogens with zero attached hydrogens (tertiary/aromatic N) is 1. The van der Waals surface area contributed by atoms with Crippen molar-refractivity contribution in [1.82, 2.24) is 10.2 Å². The Kier molecular flexibility index (Phi) is 7.33. The molecule has 0 aromatic carbocycles. The molecule has 2 rings (SSSR count). The number of amides is 1. The van der Waals surface area contributed by atoms with E-state index in [-0.39, 0.29) is 5.91 Å². The Morgan fingerprint density at radius 2 is 2.33 bits per heavy atom. The molecule has 21 heavy (non-hydrogen) atoms. The quantitative estimate of drug-likeness (QED) is 0.589. The summed E-state index contributed by atoms with van der Waals surface area (Å²) in [5.74, 6) is 2.18. The first kappa shape index (κ1) is 16.6. The monoisotopic (exact) mass is 324 g/mol. The highest BCUT2D eigenvalue weighted by atomic mass is 32.2. The summed E-state index contributed by atoms with van der Waals surface area (Å²) < 4.78 is 0. The second kappa shape index (κ2) is 9.28. The molecule has 1 N–H and O–H groups in total. The van der Waals surface area contributed by atoms with E-state index in [1.165, 1.54) is 17.7 Å². The predicted octanol–water partition coefficient (Wildman–Crippen LogP) is 3.00. The SMILES string of the molecule is C=CCSCC(=O)NCC1CCN(Cc2cccs2)CC1. The van der Waals surface area contributed by atoms with Gasteiger partial charge in [-0.2, -0.15) is 0 Å². The summed E-state index contributed by atoms with van der Waals surface area (Å²) >= 11 is 3.45. The summed E-state index contributed by atoms with van der Waals surface area (Å²) in [6, 6.07) is 4.32. The van der Waals surface area contributed by atoms with Gasteiger partial charge in [0.1, 0.15) is 0 Å². The van der Waals surface area contributed by atoms with Crippen LogP contribution in [0.4, 0.5) is 0 Å². The van der Waals surface area contributed by atoms with Gasteiger partial charge in [-0.3, -0.25) is 9.69 Å². The third kappa shape index (κ3) is 6.24. The van der Waals surface area contributed by atoms with E-state index in [0.717, 1.165) is 31.9 Å². The van der Waals surface area contributed by atoms with Crippen molar-refractivity contribution in [2.24, 2.45) is 5.92 Å². The van der Waals surface area contributed by atoms with Gasteiger partial charge in [0.15, 0.2) is 0 Å². The van der Waals surface area contributed by atoms with Crippen molar-refractivity contribution in [3.63, 3.8) is 0 Å². The number of likely N-dealkylation sites (tertiary alicyclic amines) is 1. The van der Waals surface area contributed by atoms with Crippen LogP contribution in [0.15, 0.2) is 30.2 Å². The molecule has 5 heteroatoms. The lowest BCUT2D eigenvalue weighted by Gasteiger charge is -2.31. The summed E-state index contributed by atoms with van der Waals surface area (Å²) in [4.78, 5) is 15.6. The molecule has 0 saturated carbocycles. The normalized spacial score (nSPS) is 16.8. The first-order chi connectivity index (χ1) is 10.3. The Balaban J connectivity index is 1.58. The maximum atomic E-state index is 11.7. The molecule has 3 nitrogen and oxygen atoms in total. The van der Waals surface area contributed by atoms with Crippen LogP contribution >= 0.6 is 23.1 Å². The van der Waals surface area contributed by atoms with Gasteiger partial charge < -0.3 is 5.32 Å². The number of hydrogen-bond acceptors (Lipinski definition) is 4. The van der Waals surface area contributed by atoms with Crippen LogP contribution in [0.1, 0.15) is 17.7 Å². The van der Waals surface area contributed by atoms with Crippen molar-refractivity contribution >= 4 is 29.0 Å². The number of thioether (sulfide) groups is 1. The predicted molar refractivity (Wildman–Crippen MR) is 92.9 cm³/mol. The van der Waals surface area contributed by atoms with Crippen molar-refractivity contribution in [3.8, 4) is 0 Å². The topological polar surface area (TPSA) is 32.3 Å². The number of nitrogens with one attached hydrogen (secondary N) is 1. The number of piperidine rings is 1. The van der Waals surface area contributed by atoms with E-state index in [0.29, 0.717) is 11.7 Å². The van der Waals surface area contributed by atoms with Crippen molar-refractivity contribution in [2.45, 2.75) is 19.4 Å². The van der Waals surface area contributed by atoms with Crippen LogP contribution in [-0.4, -0.2) is 41.9 Å². The zero-order valence-corrected chi connectivity index (χ0v) is 14.1.